The molecule has 1 fully saturated rings. The number of benzene rings is 1. The van der Waals surface area contributed by atoms with Crippen molar-refractivity contribution < 1.29 is 14.6 Å². The van der Waals surface area contributed by atoms with Crippen LogP contribution in [0.5, 0.6) is 5.75 Å². The zero-order valence-electron chi connectivity index (χ0n) is 13.1. The minimum Gasteiger partial charge on any atom is -0.490 e. The molecule has 0 aromatic heterocycles. The van der Waals surface area contributed by atoms with Crippen molar-refractivity contribution in [2.24, 2.45) is 5.41 Å². The Morgan fingerprint density at radius 3 is 2.67 bits per heavy atom. The standard InChI is InChI=1S/C17H25NO3/c1-17(2,16(19)20)12-13-5-4-6-15(11-13)21-14-7-9-18(3)10-8-14/h4-6,11,14H,7-10,12H2,1-3H3,(H,19,20). The Labute approximate surface area is 126 Å². The molecule has 2 rings (SSSR count). The highest BCUT2D eigenvalue weighted by Gasteiger charge is 2.27. The van der Waals surface area contributed by atoms with Crippen molar-refractivity contribution in [2.45, 2.75) is 39.2 Å². The lowest BCUT2D eigenvalue weighted by atomic mass is 9.86. The lowest BCUT2D eigenvalue weighted by Crippen LogP contribution is -2.35. The minimum atomic E-state index is -0.774. The van der Waals surface area contributed by atoms with Crippen molar-refractivity contribution in [3.63, 3.8) is 0 Å². The van der Waals surface area contributed by atoms with E-state index < -0.39 is 11.4 Å². The van der Waals surface area contributed by atoms with E-state index in [0.717, 1.165) is 37.2 Å². The molecule has 21 heavy (non-hydrogen) atoms. The summed E-state index contributed by atoms with van der Waals surface area (Å²) in [6.45, 7) is 5.63. The Balaban J connectivity index is 1.99. The second-order valence-electron chi connectivity index (χ2n) is 6.63. The van der Waals surface area contributed by atoms with Gasteiger partial charge in [0.05, 0.1) is 5.41 Å². The van der Waals surface area contributed by atoms with Crippen LogP contribution in [0.2, 0.25) is 0 Å². The maximum Gasteiger partial charge on any atom is 0.309 e. The first-order chi connectivity index (χ1) is 9.87. The van der Waals surface area contributed by atoms with Crippen molar-refractivity contribution in [1.29, 1.82) is 0 Å². The van der Waals surface area contributed by atoms with Gasteiger partial charge in [0.25, 0.3) is 0 Å². The molecule has 0 radical (unpaired) electrons. The molecule has 0 bridgehead atoms. The van der Waals surface area contributed by atoms with Crippen molar-refractivity contribution in [3.05, 3.63) is 29.8 Å². The third-order valence-corrected chi connectivity index (χ3v) is 4.09. The molecule has 1 aromatic rings. The zero-order valence-corrected chi connectivity index (χ0v) is 13.1. The van der Waals surface area contributed by atoms with Crippen molar-refractivity contribution in [1.82, 2.24) is 4.90 Å². The molecule has 116 valence electrons. The van der Waals surface area contributed by atoms with Crippen LogP contribution in [0.1, 0.15) is 32.3 Å². The molecule has 1 aromatic carbocycles. The monoisotopic (exact) mass is 291 g/mol. The van der Waals surface area contributed by atoms with Crippen LogP contribution >= 0.6 is 0 Å². The maximum atomic E-state index is 11.2. The third kappa shape index (κ3) is 4.46. The summed E-state index contributed by atoms with van der Waals surface area (Å²) in [4.78, 5) is 13.5. The molecular formula is C17H25NO3. The molecule has 1 heterocycles. The van der Waals surface area contributed by atoms with Crippen molar-refractivity contribution in [3.8, 4) is 5.75 Å². The van der Waals surface area contributed by atoms with Crippen LogP contribution in [0, 0.1) is 5.41 Å². The summed E-state index contributed by atoms with van der Waals surface area (Å²) >= 11 is 0. The van der Waals surface area contributed by atoms with Gasteiger partial charge in [-0.1, -0.05) is 12.1 Å². The fourth-order valence-corrected chi connectivity index (χ4v) is 2.61. The summed E-state index contributed by atoms with van der Waals surface area (Å²) < 4.78 is 6.05. The topological polar surface area (TPSA) is 49.8 Å². The van der Waals surface area contributed by atoms with Gasteiger partial charge in [-0.3, -0.25) is 4.79 Å². The number of aliphatic carboxylic acids is 1. The van der Waals surface area contributed by atoms with Crippen LogP contribution in [-0.2, 0) is 11.2 Å². The molecule has 0 unspecified atom stereocenters. The van der Waals surface area contributed by atoms with Crippen LogP contribution in [0.4, 0.5) is 0 Å². The second-order valence-corrected chi connectivity index (χ2v) is 6.63. The Kier molecular flexibility index (Phi) is 4.88. The number of hydrogen-bond acceptors (Lipinski definition) is 3. The van der Waals surface area contributed by atoms with E-state index in [1.54, 1.807) is 13.8 Å². The molecule has 1 N–H and O–H groups in total. The summed E-state index contributed by atoms with van der Waals surface area (Å²) in [5, 5.41) is 9.22. The van der Waals surface area contributed by atoms with Crippen LogP contribution in [-0.4, -0.2) is 42.2 Å². The van der Waals surface area contributed by atoms with Gasteiger partial charge >= 0.3 is 5.97 Å². The first-order valence-corrected chi connectivity index (χ1v) is 7.54. The van der Waals surface area contributed by atoms with E-state index >= 15 is 0 Å². The van der Waals surface area contributed by atoms with Gasteiger partial charge < -0.3 is 14.7 Å². The van der Waals surface area contributed by atoms with Gasteiger partial charge in [0, 0.05) is 13.1 Å². The molecule has 0 saturated carbocycles. The van der Waals surface area contributed by atoms with E-state index in [0.29, 0.717) is 6.42 Å². The fourth-order valence-electron chi connectivity index (χ4n) is 2.61. The molecule has 0 amide bonds. The molecule has 1 aliphatic rings. The van der Waals surface area contributed by atoms with Gasteiger partial charge in [0.2, 0.25) is 0 Å². The normalized spacial score (nSPS) is 17.7. The van der Waals surface area contributed by atoms with E-state index in [9.17, 15) is 9.90 Å². The van der Waals surface area contributed by atoms with E-state index in [1.807, 2.05) is 24.3 Å². The molecule has 1 aliphatic heterocycles. The average Bonchev–Trinajstić information content (AvgIpc) is 2.41. The first-order valence-electron chi connectivity index (χ1n) is 7.54. The Morgan fingerprint density at radius 2 is 2.05 bits per heavy atom. The lowest BCUT2D eigenvalue weighted by Gasteiger charge is -2.29. The van der Waals surface area contributed by atoms with Crippen molar-refractivity contribution in [2.75, 3.05) is 20.1 Å². The molecule has 4 nitrogen and oxygen atoms in total. The number of rotatable bonds is 5. The molecule has 0 spiro atoms. The highest BCUT2D eigenvalue weighted by atomic mass is 16.5. The van der Waals surface area contributed by atoms with Crippen molar-refractivity contribution >= 4 is 5.97 Å². The van der Waals surface area contributed by atoms with Gasteiger partial charge in [0.1, 0.15) is 11.9 Å². The van der Waals surface area contributed by atoms with Gasteiger partial charge in [-0.05, 0) is 57.9 Å². The number of carboxylic acid groups (broad SMARTS) is 1. The number of carbonyl (C=O) groups is 1. The zero-order chi connectivity index (χ0) is 15.5. The first kappa shape index (κ1) is 15.8. The van der Waals surface area contributed by atoms with Gasteiger partial charge in [-0.15, -0.1) is 0 Å². The SMILES string of the molecule is CN1CCC(Oc2cccc(CC(C)(C)C(=O)O)c2)CC1. The molecule has 0 atom stereocenters. The minimum absolute atomic E-state index is 0.268. The Morgan fingerprint density at radius 1 is 1.38 bits per heavy atom. The summed E-state index contributed by atoms with van der Waals surface area (Å²) in [6, 6.07) is 7.84. The molecule has 1 saturated heterocycles. The van der Waals surface area contributed by atoms with Gasteiger partial charge in [-0.2, -0.15) is 0 Å². The number of nitrogens with zero attached hydrogens (tertiary/aromatic N) is 1. The van der Waals surface area contributed by atoms with E-state index in [4.69, 9.17) is 4.74 Å². The maximum absolute atomic E-state index is 11.2. The largest absolute Gasteiger partial charge is 0.490 e. The lowest BCUT2D eigenvalue weighted by molar-refractivity contribution is -0.146. The predicted molar refractivity (Wildman–Crippen MR) is 82.7 cm³/mol. The summed E-state index contributed by atoms with van der Waals surface area (Å²) in [7, 11) is 2.13. The third-order valence-electron chi connectivity index (χ3n) is 4.09. The van der Waals surface area contributed by atoms with E-state index in [-0.39, 0.29) is 6.10 Å². The Hall–Kier alpha value is -1.55. The van der Waals surface area contributed by atoms with Crippen LogP contribution in [0.25, 0.3) is 0 Å². The van der Waals surface area contributed by atoms with E-state index in [2.05, 4.69) is 11.9 Å². The number of carboxylic acids is 1. The predicted octanol–water partition coefficient (Wildman–Crippen LogP) is 2.81. The highest BCUT2D eigenvalue weighted by Crippen LogP contribution is 2.25. The van der Waals surface area contributed by atoms with Crippen LogP contribution in [0.15, 0.2) is 24.3 Å². The molecule has 4 heteroatoms. The summed E-state index contributed by atoms with van der Waals surface area (Å²) in [5.41, 5.74) is 0.249. The fraction of sp³-hybridized carbons (Fsp3) is 0.588. The average molecular weight is 291 g/mol. The number of hydrogen-bond donors (Lipinski definition) is 1. The number of piperidine rings is 1. The van der Waals surface area contributed by atoms with Gasteiger partial charge in [0.15, 0.2) is 0 Å². The summed E-state index contributed by atoms with van der Waals surface area (Å²) in [6.07, 6.45) is 2.86. The number of likely N-dealkylation sites (tertiary alicyclic amines) is 1. The van der Waals surface area contributed by atoms with E-state index in [1.165, 1.54) is 0 Å². The van der Waals surface area contributed by atoms with Crippen LogP contribution in [0.3, 0.4) is 0 Å². The smallest absolute Gasteiger partial charge is 0.309 e. The Bertz CT molecular complexity index is 491. The second kappa shape index (κ2) is 6.48. The van der Waals surface area contributed by atoms with Crippen LogP contribution < -0.4 is 4.74 Å². The molecular weight excluding hydrogens is 266 g/mol. The highest BCUT2D eigenvalue weighted by molar-refractivity contribution is 5.74. The number of ether oxygens (including phenoxy) is 1. The quantitative estimate of drug-likeness (QED) is 0.906. The molecule has 0 aliphatic carbocycles. The van der Waals surface area contributed by atoms with Gasteiger partial charge in [-0.25, -0.2) is 0 Å². The summed E-state index contributed by atoms with van der Waals surface area (Å²) in [5.74, 6) is 0.0763.